The summed E-state index contributed by atoms with van der Waals surface area (Å²) in [6.45, 7) is 3.79. The first-order valence-corrected chi connectivity index (χ1v) is 11.0. The molecule has 1 aromatic carbocycles. The highest BCUT2D eigenvalue weighted by Gasteiger charge is 2.46. The summed E-state index contributed by atoms with van der Waals surface area (Å²) in [5, 5.41) is 3.66. The fraction of sp³-hybridized carbons (Fsp3) is 0.542. The van der Waals surface area contributed by atoms with Gasteiger partial charge in [0.15, 0.2) is 12.0 Å². The smallest absolute Gasteiger partial charge is 0.280 e. The topological polar surface area (TPSA) is 89.5 Å². The molecule has 2 saturated carbocycles. The number of rotatable bonds is 6. The summed E-state index contributed by atoms with van der Waals surface area (Å²) < 4.78 is 11.4. The second-order valence-electron chi connectivity index (χ2n) is 8.66. The van der Waals surface area contributed by atoms with Crippen molar-refractivity contribution in [1.29, 1.82) is 0 Å². The molecule has 1 spiro atoms. The van der Waals surface area contributed by atoms with Gasteiger partial charge in [-0.1, -0.05) is 24.8 Å². The van der Waals surface area contributed by atoms with Crippen LogP contribution in [0.25, 0.3) is 0 Å². The fourth-order valence-electron chi connectivity index (χ4n) is 3.52. The molecule has 1 aromatic rings. The number of nitrogens with zero attached hydrogens (tertiary/aromatic N) is 3. The van der Waals surface area contributed by atoms with E-state index in [0.717, 1.165) is 23.2 Å². The molecule has 0 unspecified atom stereocenters. The first kappa shape index (κ1) is 21.5. The van der Waals surface area contributed by atoms with Crippen LogP contribution in [0.4, 0.5) is 5.69 Å². The van der Waals surface area contributed by atoms with E-state index in [1.165, 1.54) is 31.9 Å². The van der Waals surface area contributed by atoms with Crippen molar-refractivity contribution < 1.29 is 14.3 Å². The molecule has 7 nitrogen and oxygen atoms in total. The quantitative estimate of drug-likeness (QED) is 0.330. The molecule has 0 atom stereocenters. The highest BCUT2D eigenvalue weighted by atomic mass is 16.7. The number of hydrogen-bond acceptors (Lipinski definition) is 6. The number of carbonyl (C=O) groups excluding carboxylic acids is 1. The van der Waals surface area contributed by atoms with Gasteiger partial charge in [-0.3, -0.25) is 9.79 Å². The van der Waals surface area contributed by atoms with Crippen molar-refractivity contribution in [2.75, 3.05) is 31.7 Å². The van der Waals surface area contributed by atoms with E-state index in [1.54, 1.807) is 11.9 Å². The van der Waals surface area contributed by atoms with Gasteiger partial charge < -0.3 is 20.2 Å². The van der Waals surface area contributed by atoms with E-state index in [9.17, 15) is 4.79 Å². The molecule has 164 valence electrons. The summed E-state index contributed by atoms with van der Waals surface area (Å²) in [4.78, 5) is 18.9. The summed E-state index contributed by atoms with van der Waals surface area (Å²) in [6, 6.07) is 5.98. The van der Waals surface area contributed by atoms with E-state index >= 15 is 0 Å². The number of carbonyl (C=O) groups is 1. The van der Waals surface area contributed by atoms with Gasteiger partial charge in [-0.05, 0) is 49.8 Å². The SMILES string of the molecule is CCc1ccc(C#CC2CC2)cc1N(C)C(=O)C(C=NCC1OCC2(CC2)CO1)=NN. The molecule has 1 saturated heterocycles. The summed E-state index contributed by atoms with van der Waals surface area (Å²) in [6.07, 6.45) is 6.50. The molecule has 3 aliphatic rings. The molecule has 31 heavy (non-hydrogen) atoms. The van der Waals surface area contributed by atoms with Crippen molar-refractivity contribution >= 4 is 23.5 Å². The van der Waals surface area contributed by atoms with Crippen LogP contribution >= 0.6 is 0 Å². The third kappa shape index (κ3) is 5.33. The van der Waals surface area contributed by atoms with Crippen LogP contribution in [0.3, 0.4) is 0 Å². The zero-order valence-corrected chi connectivity index (χ0v) is 18.3. The van der Waals surface area contributed by atoms with Gasteiger partial charge in [-0.15, -0.1) is 0 Å². The number of aliphatic imine (C=N–C) groups is 1. The maximum atomic E-state index is 13.0. The third-order valence-electron chi connectivity index (χ3n) is 6.06. The van der Waals surface area contributed by atoms with E-state index in [-0.39, 0.29) is 23.3 Å². The Kier molecular flexibility index (Phi) is 6.40. The number of amides is 1. The molecule has 1 aliphatic heterocycles. The molecule has 0 bridgehead atoms. The Bertz CT molecular complexity index is 941. The number of nitrogens with two attached hydrogens (primary N) is 1. The predicted molar refractivity (Wildman–Crippen MR) is 121 cm³/mol. The average Bonchev–Trinajstić information content (AvgIpc) is 3.73. The minimum absolute atomic E-state index is 0.0773. The summed E-state index contributed by atoms with van der Waals surface area (Å²) in [5.41, 5.74) is 3.08. The lowest BCUT2D eigenvalue weighted by molar-refractivity contribution is -0.201. The predicted octanol–water partition coefficient (Wildman–Crippen LogP) is 2.51. The molecule has 3 fully saturated rings. The van der Waals surface area contributed by atoms with Gasteiger partial charge in [0.2, 0.25) is 0 Å². The Morgan fingerprint density at radius 1 is 1.32 bits per heavy atom. The number of anilines is 1. The van der Waals surface area contributed by atoms with E-state index in [4.69, 9.17) is 15.3 Å². The molecule has 2 N–H and O–H groups in total. The minimum atomic E-state index is -0.386. The van der Waals surface area contributed by atoms with Gasteiger partial charge in [0.1, 0.15) is 0 Å². The third-order valence-corrected chi connectivity index (χ3v) is 6.06. The molecule has 1 amide bonds. The van der Waals surface area contributed by atoms with E-state index in [1.807, 2.05) is 18.2 Å². The van der Waals surface area contributed by atoms with Gasteiger partial charge in [0.25, 0.3) is 5.91 Å². The summed E-state index contributed by atoms with van der Waals surface area (Å²) in [5.74, 6) is 12.2. The highest BCUT2D eigenvalue weighted by molar-refractivity contribution is 6.63. The van der Waals surface area contributed by atoms with Crippen LogP contribution in [0.2, 0.25) is 0 Å². The number of aryl methyl sites for hydroxylation is 1. The molecule has 7 heteroatoms. The lowest BCUT2D eigenvalue weighted by Crippen LogP contribution is -2.36. The van der Waals surface area contributed by atoms with Crippen LogP contribution < -0.4 is 10.7 Å². The number of hydrazone groups is 1. The maximum Gasteiger partial charge on any atom is 0.280 e. The molecule has 0 radical (unpaired) electrons. The molecular formula is C24H30N4O3. The standard InChI is InChI=1S/C24H30N4O3/c1-3-19-9-8-18(7-6-17-4-5-17)12-21(19)28(2)23(29)20(27-25)13-26-14-22-30-15-24(10-11-24)16-31-22/h8-9,12-13,17,22H,3-5,10-11,14-16,25H2,1-2H3. The first-order chi connectivity index (χ1) is 15.0. The lowest BCUT2D eigenvalue weighted by Gasteiger charge is -2.28. The number of hydrogen-bond donors (Lipinski definition) is 1. The Balaban J connectivity index is 1.40. The van der Waals surface area contributed by atoms with Crippen LogP contribution in [0, 0.1) is 23.2 Å². The van der Waals surface area contributed by atoms with Crippen LogP contribution in [0.15, 0.2) is 28.3 Å². The van der Waals surface area contributed by atoms with Gasteiger partial charge in [-0.25, -0.2) is 0 Å². The van der Waals surface area contributed by atoms with Gasteiger partial charge in [-0.2, -0.15) is 5.10 Å². The number of benzene rings is 1. The monoisotopic (exact) mass is 422 g/mol. The van der Waals surface area contributed by atoms with Crippen molar-refractivity contribution in [2.45, 2.75) is 45.3 Å². The Hall–Kier alpha value is -2.69. The van der Waals surface area contributed by atoms with Crippen molar-refractivity contribution in [1.82, 2.24) is 0 Å². The van der Waals surface area contributed by atoms with Crippen LogP contribution in [0.5, 0.6) is 0 Å². The van der Waals surface area contributed by atoms with Crippen molar-refractivity contribution in [2.24, 2.45) is 27.3 Å². The van der Waals surface area contributed by atoms with Crippen molar-refractivity contribution in [3.63, 3.8) is 0 Å². The number of ether oxygens (including phenoxy) is 2. The minimum Gasteiger partial charge on any atom is -0.350 e. The van der Waals surface area contributed by atoms with Crippen molar-refractivity contribution in [3.05, 3.63) is 29.3 Å². The summed E-state index contributed by atoms with van der Waals surface area (Å²) >= 11 is 0. The average molecular weight is 423 g/mol. The fourth-order valence-corrected chi connectivity index (χ4v) is 3.52. The second-order valence-corrected chi connectivity index (χ2v) is 8.66. The van der Waals surface area contributed by atoms with E-state index in [2.05, 4.69) is 28.9 Å². The molecule has 0 aromatic heterocycles. The van der Waals surface area contributed by atoms with Gasteiger partial charge in [0, 0.05) is 29.6 Å². The van der Waals surface area contributed by atoms with Crippen molar-refractivity contribution in [3.8, 4) is 11.8 Å². The van der Waals surface area contributed by atoms with Crippen LogP contribution in [-0.4, -0.2) is 50.9 Å². The van der Waals surface area contributed by atoms with Gasteiger partial charge in [0.05, 0.1) is 26.0 Å². The largest absolute Gasteiger partial charge is 0.350 e. The summed E-state index contributed by atoms with van der Waals surface area (Å²) in [7, 11) is 1.72. The van der Waals surface area contributed by atoms with Crippen LogP contribution in [-0.2, 0) is 20.7 Å². The second kappa shape index (κ2) is 9.21. The molecule has 4 rings (SSSR count). The zero-order valence-electron chi connectivity index (χ0n) is 18.3. The van der Waals surface area contributed by atoms with E-state index in [0.29, 0.717) is 25.7 Å². The Morgan fingerprint density at radius 3 is 2.68 bits per heavy atom. The highest BCUT2D eigenvalue weighted by Crippen LogP contribution is 2.48. The molecular weight excluding hydrogens is 392 g/mol. The van der Waals surface area contributed by atoms with Crippen LogP contribution in [0.1, 0.15) is 43.7 Å². The Morgan fingerprint density at radius 2 is 2.06 bits per heavy atom. The normalized spacial score (nSPS) is 20.5. The molecule has 1 heterocycles. The first-order valence-electron chi connectivity index (χ1n) is 11.0. The van der Waals surface area contributed by atoms with Gasteiger partial charge >= 0.3 is 0 Å². The lowest BCUT2D eigenvalue weighted by atomic mass is 10.1. The Labute approximate surface area is 183 Å². The maximum absolute atomic E-state index is 13.0. The van der Waals surface area contributed by atoms with E-state index < -0.39 is 0 Å². The molecule has 2 aliphatic carbocycles. The zero-order chi connectivity index (χ0) is 21.8.